The molecule has 1 aliphatic rings. The minimum atomic E-state index is 0.371. The predicted octanol–water partition coefficient (Wildman–Crippen LogP) is 1.93. The van der Waals surface area contributed by atoms with Gasteiger partial charge in [0.25, 0.3) is 0 Å². The number of rotatable bonds is 1. The maximum Gasteiger partial charge on any atom is 0.0864 e. The van der Waals surface area contributed by atoms with Crippen molar-refractivity contribution in [3.8, 4) is 0 Å². The second-order valence-electron chi connectivity index (χ2n) is 2.63. The summed E-state index contributed by atoms with van der Waals surface area (Å²) in [4.78, 5) is 0. The van der Waals surface area contributed by atoms with Gasteiger partial charge in [0.2, 0.25) is 0 Å². The van der Waals surface area contributed by atoms with E-state index in [4.69, 9.17) is 4.74 Å². The molecule has 1 nitrogen and oxygen atoms in total. The van der Waals surface area contributed by atoms with Crippen molar-refractivity contribution >= 4 is 0 Å². The minimum Gasteiger partial charge on any atom is -0.376 e. The SMILES string of the molecule is COC1Cc2ccccc21. The second-order valence-corrected chi connectivity index (χ2v) is 2.63. The van der Waals surface area contributed by atoms with Crippen molar-refractivity contribution in [2.45, 2.75) is 12.5 Å². The van der Waals surface area contributed by atoms with Crippen molar-refractivity contribution in [1.82, 2.24) is 0 Å². The Kier molecular flexibility index (Phi) is 1.24. The lowest BCUT2D eigenvalue weighted by Crippen LogP contribution is -2.17. The largest absolute Gasteiger partial charge is 0.376 e. The zero-order valence-electron chi connectivity index (χ0n) is 6.00. The highest BCUT2D eigenvalue weighted by molar-refractivity contribution is 5.37. The van der Waals surface area contributed by atoms with Crippen LogP contribution in [0.1, 0.15) is 17.2 Å². The van der Waals surface area contributed by atoms with Crippen LogP contribution in [0.5, 0.6) is 0 Å². The third-order valence-electron chi connectivity index (χ3n) is 2.09. The van der Waals surface area contributed by atoms with Gasteiger partial charge in [0.15, 0.2) is 0 Å². The van der Waals surface area contributed by atoms with Gasteiger partial charge in [-0.15, -0.1) is 0 Å². The van der Waals surface area contributed by atoms with Gasteiger partial charge in [0.05, 0.1) is 6.10 Å². The van der Waals surface area contributed by atoms with Gasteiger partial charge in [-0.2, -0.15) is 0 Å². The first-order chi connectivity index (χ1) is 4.92. The lowest BCUT2D eigenvalue weighted by atomic mass is 9.86. The lowest BCUT2D eigenvalue weighted by Gasteiger charge is -2.28. The third kappa shape index (κ3) is 0.673. The molecule has 0 saturated heterocycles. The van der Waals surface area contributed by atoms with Crippen molar-refractivity contribution in [3.63, 3.8) is 0 Å². The summed E-state index contributed by atoms with van der Waals surface area (Å²) in [5.41, 5.74) is 2.80. The fraction of sp³-hybridized carbons (Fsp3) is 0.333. The summed E-state index contributed by atoms with van der Waals surface area (Å²) in [6.07, 6.45) is 1.46. The van der Waals surface area contributed by atoms with Crippen LogP contribution in [0.2, 0.25) is 0 Å². The summed E-state index contributed by atoms with van der Waals surface area (Å²) >= 11 is 0. The molecule has 1 aromatic rings. The molecule has 1 aliphatic carbocycles. The zero-order chi connectivity index (χ0) is 6.97. The van der Waals surface area contributed by atoms with E-state index in [9.17, 15) is 0 Å². The molecule has 0 radical (unpaired) electrons. The molecular formula is C9H10O. The number of fused-ring (bicyclic) bond motifs is 1. The smallest absolute Gasteiger partial charge is 0.0864 e. The molecule has 0 N–H and O–H groups in total. The Hall–Kier alpha value is -0.820. The fourth-order valence-electron chi connectivity index (χ4n) is 1.42. The quantitative estimate of drug-likeness (QED) is 0.570. The van der Waals surface area contributed by atoms with E-state index in [-0.39, 0.29) is 0 Å². The van der Waals surface area contributed by atoms with Crippen molar-refractivity contribution in [2.24, 2.45) is 0 Å². The molecule has 0 fully saturated rings. The number of methoxy groups -OCH3 is 1. The summed E-state index contributed by atoms with van der Waals surface area (Å²) in [5.74, 6) is 0. The van der Waals surface area contributed by atoms with Crippen LogP contribution in [0, 0.1) is 0 Å². The Morgan fingerprint density at radius 1 is 1.40 bits per heavy atom. The minimum absolute atomic E-state index is 0.371. The first-order valence-corrected chi connectivity index (χ1v) is 3.52. The number of hydrogen-bond acceptors (Lipinski definition) is 1. The van der Waals surface area contributed by atoms with Gasteiger partial charge in [-0.25, -0.2) is 0 Å². The molecule has 1 atom stereocenters. The molecule has 0 bridgehead atoms. The monoisotopic (exact) mass is 134 g/mol. The average molecular weight is 134 g/mol. The molecule has 0 amide bonds. The molecule has 2 rings (SSSR count). The van der Waals surface area contributed by atoms with Crippen LogP contribution < -0.4 is 0 Å². The van der Waals surface area contributed by atoms with Crippen molar-refractivity contribution in [1.29, 1.82) is 0 Å². The van der Waals surface area contributed by atoms with Crippen molar-refractivity contribution in [2.75, 3.05) is 7.11 Å². The summed E-state index contributed by atoms with van der Waals surface area (Å²) in [5, 5.41) is 0. The van der Waals surface area contributed by atoms with E-state index in [0.717, 1.165) is 6.42 Å². The summed E-state index contributed by atoms with van der Waals surface area (Å²) in [6.45, 7) is 0. The molecule has 1 unspecified atom stereocenters. The number of ether oxygens (including phenoxy) is 1. The highest BCUT2D eigenvalue weighted by Gasteiger charge is 2.24. The van der Waals surface area contributed by atoms with Gasteiger partial charge in [-0.05, 0) is 11.1 Å². The summed E-state index contributed by atoms with van der Waals surface area (Å²) in [6, 6.07) is 8.42. The van der Waals surface area contributed by atoms with Crippen molar-refractivity contribution < 1.29 is 4.74 Å². The lowest BCUT2D eigenvalue weighted by molar-refractivity contribution is 0.0845. The predicted molar refractivity (Wildman–Crippen MR) is 39.9 cm³/mol. The van der Waals surface area contributed by atoms with Crippen molar-refractivity contribution in [3.05, 3.63) is 35.4 Å². The van der Waals surface area contributed by atoms with Crippen LogP contribution in [0.25, 0.3) is 0 Å². The Morgan fingerprint density at radius 3 is 2.90 bits per heavy atom. The van der Waals surface area contributed by atoms with E-state index >= 15 is 0 Å². The first kappa shape index (κ1) is 5.93. The van der Waals surface area contributed by atoms with E-state index in [2.05, 4.69) is 24.3 Å². The van der Waals surface area contributed by atoms with Gasteiger partial charge >= 0.3 is 0 Å². The van der Waals surface area contributed by atoms with Crippen LogP contribution in [-0.4, -0.2) is 7.11 Å². The second kappa shape index (κ2) is 2.10. The van der Waals surface area contributed by atoms with Gasteiger partial charge in [0.1, 0.15) is 0 Å². The molecule has 1 heteroatoms. The Bertz CT molecular complexity index is 242. The molecule has 0 aromatic heterocycles. The Labute approximate surface area is 60.6 Å². The standard InChI is InChI=1S/C9H10O/c1-10-9-6-7-4-2-3-5-8(7)9/h2-5,9H,6H2,1H3. The van der Waals surface area contributed by atoms with Crippen LogP contribution in [0.15, 0.2) is 24.3 Å². The summed E-state index contributed by atoms with van der Waals surface area (Å²) < 4.78 is 5.21. The van der Waals surface area contributed by atoms with Gasteiger partial charge < -0.3 is 4.74 Å². The first-order valence-electron chi connectivity index (χ1n) is 3.52. The van der Waals surface area contributed by atoms with Gasteiger partial charge in [0, 0.05) is 13.5 Å². The number of hydrogen-bond donors (Lipinski definition) is 0. The molecule has 52 valence electrons. The van der Waals surface area contributed by atoms with E-state index in [1.807, 2.05) is 0 Å². The molecular weight excluding hydrogens is 124 g/mol. The topological polar surface area (TPSA) is 9.23 Å². The summed E-state index contributed by atoms with van der Waals surface area (Å²) in [7, 11) is 1.76. The molecule has 10 heavy (non-hydrogen) atoms. The zero-order valence-corrected chi connectivity index (χ0v) is 6.00. The maximum atomic E-state index is 5.21. The van der Waals surface area contributed by atoms with E-state index in [1.54, 1.807) is 7.11 Å². The molecule has 1 aromatic carbocycles. The van der Waals surface area contributed by atoms with E-state index in [1.165, 1.54) is 11.1 Å². The van der Waals surface area contributed by atoms with Crippen LogP contribution >= 0.6 is 0 Å². The van der Waals surface area contributed by atoms with Crippen LogP contribution in [0.4, 0.5) is 0 Å². The Morgan fingerprint density at radius 2 is 2.20 bits per heavy atom. The van der Waals surface area contributed by atoms with Crippen LogP contribution in [-0.2, 0) is 11.2 Å². The third-order valence-corrected chi connectivity index (χ3v) is 2.09. The van der Waals surface area contributed by atoms with Gasteiger partial charge in [-0.1, -0.05) is 24.3 Å². The average Bonchev–Trinajstić information content (AvgIpc) is 1.92. The van der Waals surface area contributed by atoms with E-state index < -0.39 is 0 Å². The molecule has 0 heterocycles. The maximum absolute atomic E-state index is 5.21. The molecule has 0 aliphatic heterocycles. The molecule has 0 spiro atoms. The fourth-order valence-corrected chi connectivity index (χ4v) is 1.42. The van der Waals surface area contributed by atoms with E-state index in [0.29, 0.717) is 6.10 Å². The Balaban J connectivity index is 2.34. The highest BCUT2D eigenvalue weighted by Crippen LogP contribution is 2.34. The normalized spacial score (nSPS) is 21.5. The highest BCUT2D eigenvalue weighted by atomic mass is 16.5. The molecule has 0 saturated carbocycles. The van der Waals surface area contributed by atoms with Crippen LogP contribution in [0.3, 0.4) is 0 Å². The number of benzene rings is 1. The van der Waals surface area contributed by atoms with Gasteiger partial charge in [-0.3, -0.25) is 0 Å².